The van der Waals surface area contributed by atoms with E-state index in [4.69, 9.17) is 14.2 Å². The highest BCUT2D eigenvalue weighted by Gasteiger charge is 2.19. The van der Waals surface area contributed by atoms with E-state index in [-0.39, 0.29) is 31.1 Å². The molecule has 0 spiro atoms. The fourth-order valence-corrected chi connectivity index (χ4v) is 6.59. The first kappa shape index (κ1) is 57.6. The zero-order chi connectivity index (χ0) is 44.4. The van der Waals surface area contributed by atoms with Crippen LogP contribution in [0.5, 0.6) is 0 Å². The molecule has 0 N–H and O–H groups in total. The Hall–Kier alpha value is -3.41. The van der Waals surface area contributed by atoms with E-state index in [9.17, 15) is 14.4 Å². The number of unbranched alkanes of at least 4 members (excludes halogenated alkanes) is 20. The minimum absolute atomic E-state index is 0.0968. The van der Waals surface area contributed by atoms with Crippen molar-refractivity contribution in [3.8, 4) is 0 Å². The van der Waals surface area contributed by atoms with Gasteiger partial charge in [-0.25, -0.2) is 0 Å². The Morgan fingerprint density at radius 1 is 0.361 bits per heavy atom. The number of carbonyl (C=O) groups is 3. The van der Waals surface area contributed by atoms with Crippen molar-refractivity contribution in [3.05, 3.63) is 85.1 Å². The quantitative estimate of drug-likeness (QED) is 0.0200. The average Bonchev–Trinajstić information content (AvgIpc) is 3.26. The minimum atomic E-state index is -0.798. The van der Waals surface area contributed by atoms with Crippen LogP contribution < -0.4 is 0 Å². The van der Waals surface area contributed by atoms with Gasteiger partial charge in [-0.15, -0.1) is 0 Å². The molecule has 0 aliphatic heterocycles. The van der Waals surface area contributed by atoms with Crippen LogP contribution in [-0.4, -0.2) is 37.2 Å². The van der Waals surface area contributed by atoms with E-state index >= 15 is 0 Å². The summed E-state index contributed by atoms with van der Waals surface area (Å²) in [5.41, 5.74) is 0. The summed E-state index contributed by atoms with van der Waals surface area (Å²) in [4.78, 5) is 37.9. The molecule has 6 nitrogen and oxygen atoms in total. The predicted octanol–water partition coefficient (Wildman–Crippen LogP) is 16.4. The third-order valence-electron chi connectivity index (χ3n) is 10.4. The second-order valence-electron chi connectivity index (χ2n) is 16.4. The monoisotopic (exact) mass is 849 g/mol. The van der Waals surface area contributed by atoms with Crippen LogP contribution >= 0.6 is 0 Å². The molecule has 0 aliphatic rings. The van der Waals surface area contributed by atoms with Gasteiger partial charge in [0.1, 0.15) is 13.2 Å². The molecular formula is C55H92O6. The Kier molecular flexibility index (Phi) is 46.5. The molecule has 0 saturated heterocycles. The Morgan fingerprint density at radius 3 is 1.13 bits per heavy atom. The lowest BCUT2D eigenvalue weighted by Gasteiger charge is -2.18. The van der Waals surface area contributed by atoms with E-state index in [0.29, 0.717) is 19.3 Å². The lowest BCUT2D eigenvalue weighted by molar-refractivity contribution is -0.167. The molecule has 0 amide bonds. The summed E-state index contributed by atoms with van der Waals surface area (Å²) in [6, 6.07) is 0. The average molecular weight is 849 g/mol. The highest BCUT2D eigenvalue weighted by Crippen LogP contribution is 2.13. The molecular weight excluding hydrogens is 757 g/mol. The molecule has 0 saturated carbocycles. The van der Waals surface area contributed by atoms with Crippen molar-refractivity contribution >= 4 is 17.9 Å². The van der Waals surface area contributed by atoms with E-state index in [0.717, 1.165) is 116 Å². The Bertz CT molecular complexity index is 1200. The molecule has 0 rings (SSSR count). The summed E-state index contributed by atoms with van der Waals surface area (Å²) >= 11 is 0. The van der Waals surface area contributed by atoms with Crippen LogP contribution in [0.4, 0.5) is 0 Å². The third-order valence-corrected chi connectivity index (χ3v) is 10.4. The van der Waals surface area contributed by atoms with Crippen LogP contribution in [0.3, 0.4) is 0 Å². The minimum Gasteiger partial charge on any atom is -0.462 e. The maximum atomic E-state index is 12.8. The maximum Gasteiger partial charge on any atom is 0.306 e. The van der Waals surface area contributed by atoms with Gasteiger partial charge in [-0.2, -0.15) is 0 Å². The summed E-state index contributed by atoms with van der Waals surface area (Å²) in [6.45, 7) is 6.41. The summed E-state index contributed by atoms with van der Waals surface area (Å²) < 4.78 is 16.7. The Morgan fingerprint density at radius 2 is 0.689 bits per heavy atom. The number of hydrogen-bond acceptors (Lipinski definition) is 6. The van der Waals surface area contributed by atoms with Gasteiger partial charge in [0.05, 0.1) is 0 Å². The smallest absolute Gasteiger partial charge is 0.306 e. The van der Waals surface area contributed by atoms with Gasteiger partial charge < -0.3 is 14.2 Å². The van der Waals surface area contributed by atoms with E-state index < -0.39 is 6.10 Å². The van der Waals surface area contributed by atoms with Gasteiger partial charge in [-0.05, 0) is 109 Å². The van der Waals surface area contributed by atoms with Crippen LogP contribution in [0.2, 0.25) is 0 Å². The van der Waals surface area contributed by atoms with E-state index in [1.165, 1.54) is 70.6 Å². The largest absolute Gasteiger partial charge is 0.462 e. The number of allylic oxidation sites excluding steroid dienone is 14. The number of rotatable bonds is 44. The van der Waals surface area contributed by atoms with Crippen molar-refractivity contribution in [1.29, 1.82) is 0 Å². The zero-order valence-electron chi connectivity index (χ0n) is 39.7. The fourth-order valence-electron chi connectivity index (χ4n) is 6.59. The van der Waals surface area contributed by atoms with Crippen molar-refractivity contribution in [2.45, 2.75) is 232 Å². The number of ether oxygens (including phenoxy) is 3. The normalized spacial score (nSPS) is 12.8. The number of carbonyl (C=O) groups excluding carboxylic acids is 3. The molecule has 0 heterocycles. The van der Waals surface area contributed by atoms with Gasteiger partial charge in [-0.1, -0.05) is 183 Å². The van der Waals surface area contributed by atoms with E-state index in [1.807, 2.05) is 0 Å². The molecule has 0 fully saturated rings. The summed E-state index contributed by atoms with van der Waals surface area (Å²) in [5, 5.41) is 0. The molecule has 6 heteroatoms. The van der Waals surface area contributed by atoms with Crippen LogP contribution in [0.25, 0.3) is 0 Å². The maximum absolute atomic E-state index is 12.8. The third kappa shape index (κ3) is 47.5. The van der Waals surface area contributed by atoms with Gasteiger partial charge in [-0.3, -0.25) is 14.4 Å². The van der Waals surface area contributed by atoms with Crippen molar-refractivity contribution < 1.29 is 28.6 Å². The SMILES string of the molecule is CC/C=C\C/C=C\C/C=C\C/C=C\CCCCCC(=O)OCC(COC(=O)CCCCCCC/C=C\CCCCC)OC(=O)CCCCCCCC/C=C\C=C/CCCCC. The van der Waals surface area contributed by atoms with Gasteiger partial charge in [0, 0.05) is 19.3 Å². The molecule has 0 aliphatic carbocycles. The standard InChI is InChI=1S/C55H92O6/c1-4-7-10-13-16-19-22-25-27-29-30-33-36-39-42-45-48-54(57)60-51-52(50-59-53(56)47-44-41-38-35-32-24-21-18-15-12-9-6-3)61-55(58)49-46-43-40-37-34-31-28-26-23-20-17-14-11-8-5-2/h7,10,16-21,23,25-27,30,33,52H,4-6,8-9,11-15,22,24,28-29,31-32,34-51H2,1-3H3/b10-7-,19-16-,20-17-,21-18-,26-23-,27-25-,33-30-. The van der Waals surface area contributed by atoms with Crippen LogP contribution in [0, 0.1) is 0 Å². The molecule has 0 aromatic rings. The highest BCUT2D eigenvalue weighted by atomic mass is 16.6. The van der Waals surface area contributed by atoms with Crippen LogP contribution in [-0.2, 0) is 28.6 Å². The van der Waals surface area contributed by atoms with Crippen molar-refractivity contribution in [2.24, 2.45) is 0 Å². The van der Waals surface area contributed by atoms with Gasteiger partial charge in [0.25, 0.3) is 0 Å². The highest BCUT2D eigenvalue weighted by molar-refractivity contribution is 5.71. The topological polar surface area (TPSA) is 78.9 Å². The van der Waals surface area contributed by atoms with Crippen LogP contribution in [0.1, 0.15) is 226 Å². The molecule has 0 bridgehead atoms. The van der Waals surface area contributed by atoms with Gasteiger partial charge in [0.15, 0.2) is 6.10 Å². The van der Waals surface area contributed by atoms with Crippen molar-refractivity contribution in [2.75, 3.05) is 13.2 Å². The first-order valence-corrected chi connectivity index (χ1v) is 25.1. The molecule has 1 unspecified atom stereocenters. The summed E-state index contributed by atoms with van der Waals surface area (Å²) in [7, 11) is 0. The predicted molar refractivity (Wildman–Crippen MR) is 261 cm³/mol. The molecule has 1 atom stereocenters. The number of hydrogen-bond donors (Lipinski definition) is 0. The second kappa shape index (κ2) is 49.2. The summed E-state index contributed by atoms with van der Waals surface area (Å²) in [6.07, 6.45) is 62.7. The number of esters is 3. The molecule has 61 heavy (non-hydrogen) atoms. The fraction of sp³-hybridized carbons (Fsp3) is 0.691. The van der Waals surface area contributed by atoms with E-state index in [1.54, 1.807) is 0 Å². The van der Waals surface area contributed by atoms with Crippen molar-refractivity contribution in [3.63, 3.8) is 0 Å². The lowest BCUT2D eigenvalue weighted by Crippen LogP contribution is -2.30. The molecule has 348 valence electrons. The summed E-state index contributed by atoms with van der Waals surface area (Å²) in [5.74, 6) is -0.952. The van der Waals surface area contributed by atoms with E-state index in [2.05, 4.69) is 106 Å². The molecule has 0 aromatic heterocycles. The first-order chi connectivity index (χ1) is 30.0. The lowest BCUT2D eigenvalue weighted by atomic mass is 10.1. The second-order valence-corrected chi connectivity index (χ2v) is 16.4. The van der Waals surface area contributed by atoms with Gasteiger partial charge in [0.2, 0.25) is 0 Å². The van der Waals surface area contributed by atoms with Crippen molar-refractivity contribution in [1.82, 2.24) is 0 Å². The molecule has 0 aromatic carbocycles. The first-order valence-electron chi connectivity index (χ1n) is 25.1. The Labute approximate surface area is 375 Å². The van der Waals surface area contributed by atoms with Gasteiger partial charge >= 0.3 is 17.9 Å². The van der Waals surface area contributed by atoms with Crippen LogP contribution in [0.15, 0.2) is 85.1 Å². The zero-order valence-corrected chi connectivity index (χ0v) is 39.7. The Balaban J connectivity index is 4.48. The molecule has 0 radical (unpaired) electrons.